The first kappa shape index (κ1) is 32.6. The van der Waals surface area contributed by atoms with Gasteiger partial charge in [-0.15, -0.1) is 11.3 Å². The number of urea groups is 1. The number of nitrogens with two attached hydrogens (primary N) is 1. The quantitative estimate of drug-likeness (QED) is 0.178. The van der Waals surface area contributed by atoms with E-state index >= 15 is 0 Å². The van der Waals surface area contributed by atoms with Crippen LogP contribution in [0, 0.1) is 12.8 Å². The Hall–Kier alpha value is -5.90. The standard InChI is InChI=1S/C34H35N9O6S/c1-17-16-50-29-25(44)10-26-34(28(17)29)11-18(34)12-43(26)33(49)39-21-9-24(42(4)15-21)32(48)38-20-8-23(41(3)14-20)31(47)37-19-7-22(40(2)13-19)30(46)36-6-5-27(35)45/h7-10,13-16,18H,5-6,11-12H2,1-4H3,(H2,35,45)(H,36,46)(H,37,47)(H,38,48)(H,39,49). The summed E-state index contributed by atoms with van der Waals surface area (Å²) in [6.45, 7) is 2.63. The number of nitrogens with zero attached hydrogens (tertiary/aromatic N) is 4. The summed E-state index contributed by atoms with van der Waals surface area (Å²) in [5, 5.41) is 13.1. The summed E-state index contributed by atoms with van der Waals surface area (Å²) in [7, 11) is 4.99. The molecule has 6 amide bonds. The number of carbonyl (C=O) groups excluding carboxylic acids is 6. The number of aromatic nitrogens is 3. The third-order valence-electron chi connectivity index (χ3n) is 9.55. The smallest absolute Gasteiger partial charge is 0.326 e. The average molecular weight is 698 g/mol. The van der Waals surface area contributed by atoms with E-state index in [0.29, 0.717) is 23.6 Å². The fourth-order valence-corrected chi connectivity index (χ4v) is 8.22. The summed E-state index contributed by atoms with van der Waals surface area (Å²) >= 11 is 1.46. The molecular formula is C34H35N9O6S. The van der Waals surface area contributed by atoms with Crippen LogP contribution in [0.4, 0.5) is 21.9 Å². The van der Waals surface area contributed by atoms with Gasteiger partial charge < -0.3 is 40.7 Å². The molecule has 6 N–H and O–H groups in total. The summed E-state index contributed by atoms with van der Waals surface area (Å²) in [6, 6.07) is 4.23. The normalized spacial score (nSPS) is 18.5. The van der Waals surface area contributed by atoms with Gasteiger partial charge in [-0.1, -0.05) is 0 Å². The molecule has 2 unspecified atom stereocenters. The second kappa shape index (κ2) is 11.9. The number of allylic oxidation sites excluding steroid dienone is 2. The molecular weight excluding hydrogens is 662 g/mol. The van der Waals surface area contributed by atoms with Gasteiger partial charge in [0.2, 0.25) is 5.91 Å². The van der Waals surface area contributed by atoms with Crippen molar-refractivity contribution in [2.45, 2.75) is 25.2 Å². The van der Waals surface area contributed by atoms with Crippen molar-refractivity contribution in [3.8, 4) is 0 Å². The van der Waals surface area contributed by atoms with Crippen molar-refractivity contribution in [2.24, 2.45) is 32.8 Å². The molecule has 2 aliphatic carbocycles. The third-order valence-corrected chi connectivity index (χ3v) is 10.7. The first-order chi connectivity index (χ1) is 23.8. The Bertz CT molecular complexity index is 2180. The fraction of sp³-hybridized carbons (Fsp3) is 0.294. The summed E-state index contributed by atoms with van der Waals surface area (Å²) in [6.07, 6.45) is 7.34. The van der Waals surface area contributed by atoms with E-state index in [-0.39, 0.29) is 53.2 Å². The zero-order chi connectivity index (χ0) is 35.6. The van der Waals surface area contributed by atoms with Crippen molar-refractivity contribution in [1.82, 2.24) is 23.9 Å². The van der Waals surface area contributed by atoms with Gasteiger partial charge in [-0.05, 0) is 54.0 Å². The predicted octanol–water partition coefficient (Wildman–Crippen LogP) is 3.07. The summed E-state index contributed by atoms with van der Waals surface area (Å²) in [5.74, 6) is -1.68. The fourth-order valence-electron chi connectivity index (χ4n) is 7.17. The van der Waals surface area contributed by atoms with E-state index in [1.165, 1.54) is 23.5 Å². The summed E-state index contributed by atoms with van der Waals surface area (Å²) in [4.78, 5) is 78.7. The van der Waals surface area contributed by atoms with Crippen LogP contribution in [-0.2, 0) is 31.4 Å². The first-order valence-corrected chi connectivity index (χ1v) is 16.8. The van der Waals surface area contributed by atoms with Gasteiger partial charge >= 0.3 is 6.03 Å². The van der Waals surface area contributed by atoms with Gasteiger partial charge in [-0.3, -0.25) is 28.9 Å². The number of amides is 6. The molecule has 2 atom stereocenters. The number of hydrogen-bond donors (Lipinski definition) is 5. The topological polar surface area (TPSA) is 195 Å². The van der Waals surface area contributed by atoms with Crippen molar-refractivity contribution >= 4 is 63.8 Å². The van der Waals surface area contributed by atoms with Crippen LogP contribution in [0.3, 0.4) is 0 Å². The zero-order valence-corrected chi connectivity index (χ0v) is 28.6. The monoisotopic (exact) mass is 697 g/mol. The number of thiophene rings is 1. The Morgan fingerprint density at radius 3 is 1.96 bits per heavy atom. The Labute approximate surface area is 290 Å². The van der Waals surface area contributed by atoms with Crippen LogP contribution in [0.2, 0.25) is 0 Å². The Balaban J connectivity index is 0.984. The number of primary amides is 1. The van der Waals surface area contributed by atoms with E-state index in [0.717, 1.165) is 28.1 Å². The van der Waals surface area contributed by atoms with Crippen molar-refractivity contribution in [3.63, 3.8) is 0 Å². The number of anilines is 3. The largest absolute Gasteiger partial charge is 0.370 e. The molecule has 1 saturated carbocycles. The molecule has 16 heteroatoms. The van der Waals surface area contributed by atoms with Crippen LogP contribution in [0.25, 0.3) is 0 Å². The molecule has 1 saturated heterocycles. The van der Waals surface area contributed by atoms with E-state index in [1.807, 2.05) is 12.3 Å². The molecule has 15 nitrogen and oxygen atoms in total. The van der Waals surface area contributed by atoms with Crippen LogP contribution in [0.1, 0.15) is 65.1 Å². The maximum Gasteiger partial charge on any atom is 0.326 e. The van der Waals surface area contributed by atoms with Crippen LogP contribution in [-0.4, -0.2) is 67.1 Å². The van der Waals surface area contributed by atoms with Crippen molar-refractivity contribution in [1.29, 1.82) is 0 Å². The predicted molar refractivity (Wildman–Crippen MR) is 185 cm³/mol. The van der Waals surface area contributed by atoms with Crippen LogP contribution in [0.5, 0.6) is 0 Å². The molecule has 258 valence electrons. The SMILES string of the molecule is Cc1csc2c1C13CC1CN(C(=O)Nc1cc(C(=O)Nc4cc(C(=O)Nc5cc(C(=O)NCCC(N)=O)n(C)c5)n(C)c4)n(C)c1)C3=CC2=O. The maximum atomic E-state index is 13.5. The lowest BCUT2D eigenvalue weighted by molar-refractivity contribution is -0.117. The summed E-state index contributed by atoms with van der Waals surface area (Å²) in [5.41, 5.74) is 9.71. The highest BCUT2D eigenvalue weighted by atomic mass is 32.1. The molecule has 2 fully saturated rings. The molecule has 3 aliphatic rings. The van der Waals surface area contributed by atoms with Gasteiger partial charge in [-0.25, -0.2) is 4.79 Å². The van der Waals surface area contributed by atoms with Crippen molar-refractivity contribution in [3.05, 3.63) is 87.0 Å². The van der Waals surface area contributed by atoms with Crippen molar-refractivity contribution < 1.29 is 28.8 Å². The summed E-state index contributed by atoms with van der Waals surface area (Å²) < 4.78 is 4.69. The van der Waals surface area contributed by atoms with E-state index < -0.39 is 23.6 Å². The average Bonchev–Trinajstić information content (AvgIpc) is 3.56. The second-order valence-electron chi connectivity index (χ2n) is 13.0. The molecule has 0 radical (unpaired) electrons. The number of likely N-dealkylation sites (tertiary alicyclic amines) is 1. The number of rotatable bonds is 9. The van der Waals surface area contributed by atoms with Crippen LogP contribution < -0.4 is 27.0 Å². The maximum absolute atomic E-state index is 13.5. The third kappa shape index (κ3) is 5.46. The second-order valence-corrected chi connectivity index (χ2v) is 13.9. The Morgan fingerprint density at radius 2 is 1.40 bits per heavy atom. The minimum atomic E-state index is -0.530. The molecule has 50 heavy (non-hydrogen) atoms. The lowest BCUT2D eigenvalue weighted by Gasteiger charge is -2.28. The Morgan fingerprint density at radius 1 is 0.860 bits per heavy atom. The van der Waals surface area contributed by atoms with Gasteiger partial charge in [0.05, 0.1) is 21.9 Å². The Kier molecular flexibility index (Phi) is 7.77. The lowest BCUT2D eigenvalue weighted by Crippen LogP contribution is -2.36. The molecule has 5 heterocycles. The van der Waals surface area contributed by atoms with E-state index in [4.69, 9.17) is 5.73 Å². The van der Waals surface area contributed by atoms with Gasteiger partial charge in [0.25, 0.3) is 17.7 Å². The zero-order valence-electron chi connectivity index (χ0n) is 27.7. The number of ketones is 1. The van der Waals surface area contributed by atoms with Crippen LogP contribution >= 0.6 is 11.3 Å². The number of aryl methyl sites for hydroxylation is 4. The lowest BCUT2D eigenvalue weighted by atomic mass is 9.84. The minimum absolute atomic E-state index is 0.00706. The number of piperidine rings is 1. The number of hydrogen-bond acceptors (Lipinski definition) is 7. The number of carbonyl (C=O) groups is 6. The molecule has 4 aromatic heterocycles. The van der Waals surface area contributed by atoms with E-state index in [1.54, 1.807) is 70.5 Å². The van der Waals surface area contributed by atoms with E-state index in [2.05, 4.69) is 21.3 Å². The number of fused-ring (bicyclic) bond motifs is 1. The highest BCUT2D eigenvalue weighted by Gasteiger charge is 2.68. The first-order valence-electron chi connectivity index (χ1n) is 15.9. The van der Waals surface area contributed by atoms with Crippen LogP contribution in [0.15, 0.2) is 53.9 Å². The van der Waals surface area contributed by atoms with Gasteiger partial charge in [-0.2, -0.15) is 0 Å². The molecule has 7 rings (SSSR count). The molecule has 0 bridgehead atoms. The minimum Gasteiger partial charge on any atom is -0.370 e. The number of nitrogens with one attached hydrogen (secondary N) is 4. The molecule has 1 spiro atoms. The highest BCUT2D eigenvalue weighted by molar-refractivity contribution is 7.12. The highest BCUT2D eigenvalue weighted by Crippen LogP contribution is 2.67. The molecule has 1 aliphatic heterocycles. The van der Waals surface area contributed by atoms with E-state index in [9.17, 15) is 28.8 Å². The molecule has 4 aromatic rings. The van der Waals surface area contributed by atoms with Gasteiger partial charge in [0, 0.05) is 76.4 Å². The van der Waals surface area contributed by atoms with Gasteiger partial charge in [0.1, 0.15) is 17.1 Å². The van der Waals surface area contributed by atoms with Gasteiger partial charge in [0.15, 0.2) is 5.78 Å². The molecule has 0 aromatic carbocycles. The van der Waals surface area contributed by atoms with Crippen molar-refractivity contribution in [2.75, 3.05) is 29.0 Å².